The highest BCUT2D eigenvalue weighted by molar-refractivity contribution is 5.00. The minimum absolute atomic E-state index is 0.724. The molecule has 0 radical (unpaired) electrons. The molecule has 25 heavy (non-hydrogen) atoms. The standard InChI is InChI=1S/C22H41N3/c1-4-21(5-6-21)18-24-9-7-22(8-10-24)15-20(16-22)17-23-11-13-25(14-12-23)19(2)3/h19-20H,4-18H2,1-3H3. The first-order valence-corrected chi connectivity index (χ1v) is 11.2. The average molecular weight is 348 g/mol. The van der Waals surface area contributed by atoms with Crippen molar-refractivity contribution in [2.24, 2.45) is 16.7 Å². The van der Waals surface area contributed by atoms with Gasteiger partial charge in [0.15, 0.2) is 0 Å². The first-order valence-electron chi connectivity index (χ1n) is 11.2. The lowest BCUT2D eigenvalue weighted by Gasteiger charge is -2.54. The lowest BCUT2D eigenvalue weighted by Crippen LogP contribution is -2.53. The van der Waals surface area contributed by atoms with E-state index in [0.717, 1.165) is 22.8 Å². The van der Waals surface area contributed by atoms with E-state index >= 15 is 0 Å². The molecule has 3 nitrogen and oxygen atoms in total. The minimum atomic E-state index is 0.724. The SMILES string of the molecule is CCC1(CN2CCC3(CC2)CC(CN2CCN(C(C)C)CC2)C3)CC1. The van der Waals surface area contributed by atoms with Gasteiger partial charge in [-0.2, -0.15) is 0 Å². The topological polar surface area (TPSA) is 9.72 Å². The van der Waals surface area contributed by atoms with Gasteiger partial charge in [-0.1, -0.05) is 6.92 Å². The van der Waals surface area contributed by atoms with Crippen LogP contribution >= 0.6 is 0 Å². The van der Waals surface area contributed by atoms with Crippen LogP contribution in [-0.4, -0.2) is 73.1 Å². The van der Waals surface area contributed by atoms with E-state index in [1.54, 1.807) is 0 Å². The van der Waals surface area contributed by atoms with Gasteiger partial charge in [-0.05, 0) is 88.6 Å². The fourth-order valence-electron chi connectivity index (χ4n) is 5.99. The van der Waals surface area contributed by atoms with Crippen molar-refractivity contribution in [3.05, 3.63) is 0 Å². The molecule has 3 heteroatoms. The number of likely N-dealkylation sites (tertiary alicyclic amines) is 1. The van der Waals surface area contributed by atoms with Crippen LogP contribution in [0.5, 0.6) is 0 Å². The fraction of sp³-hybridized carbons (Fsp3) is 1.00. The van der Waals surface area contributed by atoms with Gasteiger partial charge < -0.3 is 9.80 Å². The van der Waals surface area contributed by atoms with E-state index < -0.39 is 0 Å². The summed E-state index contributed by atoms with van der Waals surface area (Å²) >= 11 is 0. The van der Waals surface area contributed by atoms with Crippen molar-refractivity contribution >= 4 is 0 Å². The summed E-state index contributed by atoms with van der Waals surface area (Å²) < 4.78 is 0. The predicted octanol–water partition coefficient (Wildman–Crippen LogP) is 3.69. The molecule has 1 spiro atoms. The zero-order chi connectivity index (χ0) is 17.5. The maximum atomic E-state index is 2.81. The Kier molecular flexibility index (Phi) is 5.20. The molecule has 4 aliphatic rings. The van der Waals surface area contributed by atoms with Crippen molar-refractivity contribution in [2.45, 2.75) is 71.8 Å². The van der Waals surface area contributed by atoms with Crippen molar-refractivity contribution in [3.63, 3.8) is 0 Å². The summed E-state index contributed by atoms with van der Waals surface area (Å²) in [5, 5.41) is 0. The maximum Gasteiger partial charge on any atom is 0.0113 e. The second-order valence-electron chi connectivity index (χ2n) is 10.3. The van der Waals surface area contributed by atoms with Crippen LogP contribution in [0.4, 0.5) is 0 Å². The van der Waals surface area contributed by atoms with Crippen LogP contribution in [0.15, 0.2) is 0 Å². The molecule has 0 N–H and O–H groups in total. The second-order valence-corrected chi connectivity index (χ2v) is 10.3. The molecule has 2 saturated carbocycles. The highest BCUT2D eigenvalue weighted by atomic mass is 15.3. The van der Waals surface area contributed by atoms with Crippen LogP contribution in [0.2, 0.25) is 0 Å². The number of nitrogens with zero attached hydrogens (tertiary/aromatic N) is 3. The molecule has 2 heterocycles. The fourth-order valence-corrected chi connectivity index (χ4v) is 5.99. The second kappa shape index (κ2) is 7.13. The third-order valence-electron chi connectivity index (χ3n) is 8.28. The van der Waals surface area contributed by atoms with Crippen LogP contribution < -0.4 is 0 Å². The van der Waals surface area contributed by atoms with Gasteiger partial charge in [-0.25, -0.2) is 0 Å². The van der Waals surface area contributed by atoms with Gasteiger partial charge in [-0.15, -0.1) is 0 Å². The van der Waals surface area contributed by atoms with E-state index in [2.05, 4.69) is 35.5 Å². The van der Waals surface area contributed by atoms with Crippen molar-refractivity contribution in [1.29, 1.82) is 0 Å². The number of hydrogen-bond donors (Lipinski definition) is 0. The first-order chi connectivity index (χ1) is 12.0. The summed E-state index contributed by atoms with van der Waals surface area (Å²) in [6, 6.07) is 0.724. The molecule has 0 amide bonds. The molecular weight excluding hydrogens is 306 g/mol. The molecule has 2 aliphatic heterocycles. The van der Waals surface area contributed by atoms with Crippen LogP contribution in [0.1, 0.15) is 65.7 Å². The summed E-state index contributed by atoms with van der Waals surface area (Å²) in [5.74, 6) is 1.00. The Bertz CT molecular complexity index is 432. The quantitative estimate of drug-likeness (QED) is 0.725. The molecular formula is C22H41N3. The molecule has 0 unspecified atom stereocenters. The summed E-state index contributed by atoms with van der Waals surface area (Å²) in [4.78, 5) is 8.20. The summed E-state index contributed by atoms with van der Waals surface area (Å²) in [6.45, 7) is 17.8. The van der Waals surface area contributed by atoms with Crippen molar-refractivity contribution in [1.82, 2.24) is 14.7 Å². The van der Waals surface area contributed by atoms with Gasteiger partial charge in [0.05, 0.1) is 0 Å². The summed E-state index contributed by atoms with van der Waals surface area (Å²) in [5.41, 5.74) is 1.49. The van der Waals surface area contributed by atoms with Crippen LogP contribution in [-0.2, 0) is 0 Å². The molecule has 0 atom stereocenters. The van der Waals surface area contributed by atoms with E-state index in [-0.39, 0.29) is 0 Å². The van der Waals surface area contributed by atoms with Crippen LogP contribution in [0.3, 0.4) is 0 Å². The van der Waals surface area contributed by atoms with E-state index in [1.807, 2.05) is 0 Å². The molecule has 0 aromatic heterocycles. The molecule has 0 aromatic rings. The average Bonchev–Trinajstić information content (AvgIpc) is 3.36. The lowest BCUT2D eigenvalue weighted by molar-refractivity contribution is -0.0348. The van der Waals surface area contributed by atoms with Crippen LogP contribution in [0.25, 0.3) is 0 Å². The largest absolute Gasteiger partial charge is 0.303 e. The third-order valence-corrected chi connectivity index (χ3v) is 8.28. The number of piperazine rings is 1. The van der Waals surface area contributed by atoms with E-state index in [9.17, 15) is 0 Å². The molecule has 144 valence electrons. The Morgan fingerprint density at radius 3 is 2.00 bits per heavy atom. The van der Waals surface area contributed by atoms with Crippen molar-refractivity contribution in [2.75, 3.05) is 52.4 Å². The van der Waals surface area contributed by atoms with Crippen molar-refractivity contribution in [3.8, 4) is 0 Å². The van der Waals surface area contributed by atoms with Gasteiger partial charge in [0.25, 0.3) is 0 Å². The lowest BCUT2D eigenvalue weighted by atomic mass is 9.57. The zero-order valence-electron chi connectivity index (χ0n) is 17.1. The predicted molar refractivity (Wildman–Crippen MR) is 106 cm³/mol. The molecule has 2 saturated heterocycles. The van der Waals surface area contributed by atoms with Gasteiger partial charge in [0.2, 0.25) is 0 Å². The van der Waals surface area contributed by atoms with E-state index in [4.69, 9.17) is 0 Å². The van der Waals surface area contributed by atoms with Gasteiger partial charge in [-0.3, -0.25) is 4.90 Å². The molecule has 4 rings (SSSR count). The highest BCUT2D eigenvalue weighted by Gasteiger charge is 2.48. The smallest absolute Gasteiger partial charge is 0.0113 e. The number of piperidine rings is 1. The molecule has 4 fully saturated rings. The van der Waals surface area contributed by atoms with E-state index in [0.29, 0.717) is 0 Å². The van der Waals surface area contributed by atoms with E-state index in [1.165, 1.54) is 97.3 Å². The maximum absolute atomic E-state index is 2.81. The highest BCUT2D eigenvalue weighted by Crippen LogP contribution is 2.54. The van der Waals surface area contributed by atoms with Gasteiger partial charge in [0.1, 0.15) is 0 Å². The first kappa shape index (κ1) is 18.3. The summed E-state index contributed by atoms with van der Waals surface area (Å²) in [7, 11) is 0. The van der Waals surface area contributed by atoms with Gasteiger partial charge in [0, 0.05) is 45.3 Å². The Labute approximate surface area is 156 Å². The Hall–Kier alpha value is -0.120. The Balaban J connectivity index is 1.15. The Morgan fingerprint density at radius 2 is 1.48 bits per heavy atom. The Morgan fingerprint density at radius 1 is 0.840 bits per heavy atom. The molecule has 2 aliphatic carbocycles. The molecule has 0 bridgehead atoms. The monoisotopic (exact) mass is 347 g/mol. The summed E-state index contributed by atoms with van der Waals surface area (Å²) in [6.07, 6.45) is 10.4. The minimum Gasteiger partial charge on any atom is -0.303 e. The molecule has 0 aromatic carbocycles. The van der Waals surface area contributed by atoms with Crippen LogP contribution in [0, 0.1) is 16.7 Å². The third kappa shape index (κ3) is 4.09. The number of hydrogen-bond acceptors (Lipinski definition) is 3. The van der Waals surface area contributed by atoms with Crippen molar-refractivity contribution < 1.29 is 0 Å². The zero-order valence-corrected chi connectivity index (χ0v) is 17.1. The van der Waals surface area contributed by atoms with Gasteiger partial charge >= 0.3 is 0 Å². The normalized spacial score (nSPS) is 30.7. The number of rotatable bonds is 6.